The summed E-state index contributed by atoms with van der Waals surface area (Å²) in [5.74, 6) is 0. The van der Waals surface area contributed by atoms with Gasteiger partial charge in [-0.1, -0.05) is 60.7 Å². The van der Waals surface area contributed by atoms with E-state index in [1.165, 1.54) is 5.56 Å². The third-order valence-corrected chi connectivity index (χ3v) is 4.13. The average molecular weight is 310 g/mol. The zero-order valence-corrected chi connectivity index (χ0v) is 13.1. The molecule has 2 N–H and O–H groups in total. The molecule has 23 heavy (non-hydrogen) atoms. The van der Waals surface area contributed by atoms with Crippen LogP contribution >= 0.6 is 0 Å². The fourth-order valence-corrected chi connectivity index (χ4v) is 2.97. The van der Waals surface area contributed by atoms with Gasteiger partial charge in [-0.25, -0.2) is 4.79 Å². The molecular formula is C19H22N2O2. The molecule has 0 saturated carbocycles. The summed E-state index contributed by atoms with van der Waals surface area (Å²) >= 11 is 0. The van der Waals surface area contributed by atoms with Crippen molar-refractivity contribution in [2.45, 2.75) is 31.5 Å². The minimum absolute atomic E-state index is 0.0504. The number of carbonyl (C=O) groups is 1. The highest BCUT2D eigenvalue weighted by Crippen LogP contribution is 2.23. The number of rotatable bonds is 4. The molecule has 0 aromatic heterocycles. The van der Waals surface area contributed by atoms with Crippen LogP contribution in [-0.4, -0.2) is 18.7 Å². The molecule has 1 heterocycles. The number of ether oxygens (including phenoxy) is 1. The molecule has 4 heteroatoms. The Kier molecular flexibility index (Phi) is 5.27. The number of nitrogens with one attached hydrogen (secondary N) is 2. The first-order valence-corrected chi connectivity index (χ1v) is 8.08. The van der Waals surface area contributed by atoms with E-state index in [1.807, 2.05) is 48.5 Å². The number of amides is 1. The average Bonchev–Trinajstić information content (AvgIpc) is 2.62. The summed E-state index contributed by atoms with van der Waals surface area (Å²) < 4.78 is 5.34. The van der Waals surface area contributed by atoms with E-state index >= 15 is 0 Å². The van der Waals surface area contributed by atoms with E-state index in [0.29, 0.717) is 6.61 Å². The summed E-state index contributed by atoms with van der Waals surface area (Å²) in [6.45, 7) is 1.26. The van der Waals surface area contributed by atoms with E-state index in [0.717, 1.165) is 24.9 Å². The fourth-order valence-electron chi connectivity index (χ4n) is 2.97. The van der Waals surface area contributed by atoms with Crippen LogP contribution in [-0.2, 0) is 11.3 Å². The molecule has 1 aliphatic heterocycles. The van der Waals surface area contributed by atoms with Crippen LogP contribution in [0.5, 0.6) is 0 Å². The molecule has 1 saturated heterocycles. The van der Waals surface area contributed by atoms with Gasteiger partial charge in [-0.05, 0) is 30.5 Å². The van der Waals surface area contributed by atoms with E-state index in [9.17, 15) is 4.79 Å². The Morgan fingerprint density at radius 1 is 1.09 bits per heavy atom. The van der Waals surface area contributed by atoms with Crippen molar-refractivity contribution in [3.63, 3.8) is 0 Å². The molecule has 0 spiro atoms. The van der Waals surface area contributed by atoms with Crippen LogP contribution in [0, 0.1) is 0 Å². The number of piperidine rings is 1. The summed E-state index contributed by atoms with van der Waals surface area (Å²) in [5, 5.41) is 6.51. The lowest BCUT2D eigenvalue weighted by Crippen LogP contribution is -2.48. The van der Waals surface area contributed by atoms with E-state index in [4.69, 9.17) is 4.74 Å². The van der Waals surface area contributed by atoms with Crippen molar-refractivity contribution in [3.05, 3.63) is 71.8 Å². The van der Waals surface area contributed by atoms with E-state index in [1.54, 1.807) is 0 Å². The van der Waals surface area contributed by atoms with Gasteiger partial charge in [-0.3, -0.25) is 0 Å². The molecule has 2 aromatic rings. The zero-order valence-electron chi connectivity index (χ0n) is 13.1. The highest BCUT2D eigenvalue weighted by atomic mass is 16.5. The van der Waals surface area contributed by atoms with Crippen LogP contribution in [0.1, 0.15) is 30.0 Å². The molecule has 0 bridgehead atoms. The van der Waals surface area contributed by atoms with Crippen molar-refractivity contribution < 1.29 is 9.53 Å². The van der Waals surface area contributed by atoms with Gasteiger partial charge < -0.3 is 15.4 Å². The molecule has 2 aromatic carbocycles. The third-order valence-electron chi connectivity index (χ3n) is 4.13. The van der Waals surface area contributed by atoms with Gasteiger partial charge in [0.1, 0.15) is 6.61 Å². The highest BCUT2D eigenvalue weighted by Gasteiger charge is 2.27. The minimum atomic E-state index is -0.358. The second-order valence-corrected chi connectivity index (χ2v) is 5.80. The topological polar surface area (TPSA) is 50.4 Å². The van der Waals surface area contributed by atoms with Crippen LogP contribution in [0.3, 0.4) is 0 Å². The van der Waals surface area contributed by atoms with Gasteiger partial charge in [-0.2, -0.15) is 0 Å². The fraction of sp³-hybridized carbons (Fsp3) is 0.316. The van der Waals surface area contributed by atoms with Gasteiger partial charge in [0.05, 0.1) is 12.1 Å². The molecular weight excluding hydrogens is 288 g/mol. The van der Waals surface area contributed by atoms with Crippen LogP contribution in [0.25, 0.3) is 0 Å². The number of hydrogen-bond donors (Lipinski definition) is 2. The minimum Gasteiger partial charge on any atom is -0.445 e. The van der Waals surface area contributed by atoms with E-state index in [2.05, 4.69) is 22.8 Å². The van der Waals surface area contributed by atoms with Crippen LogP contribution in [0.4, 0.5) is 4.79 Å². The number of carbonyl (C=O) groups excluding carboxylic acids is 1. The SMILES string of the molecule is O=C(N[C@H]1CCCNC1c1ccccc1)OCc1ccccc1. The second-order valence-electron chi connectivity index (χ2n) is 5.80. The molecule has 2 atom stereocenters. The lowest BCUT2D eigenvalue weighted by molar-refractivity contribution is 0.130. The van der Waals surface area contributed by atoms with Crippen molar-refractivity contribution in [1.82, 2.24) is 10.6 Å². The van der Waals surface area contributed by atoms with Gasteiger partial charge >= 0.3 is 6.09 Å². The van der Waals surface area contributed by atoms with Gasteiger partial charge in [0.25, 0.3) is 0 Å². The standard InChI is InChI=1S/C19H22N2O2/c22-19(23-14-15-8-3-1-4-9-15)21-17-12-7-13-20-18(17)16-10-5-2-6-11-16/h1-6,8-11,17-18,20H,7,12-14H2,(H,21,22)/t17-,18?/m0/s1. The quantitative estimate of drug-likeness (QED) is 0.910. The molecule has 1 amide bonds. The van der Waals surface area contributed by atoms with Crippen LogP contribution in [0.2, 0.25) is 0 Å². The molecule has 4 nitrogen and oxygen atoms in total. The van der Waals surface area contributed by atoms with Crippen molar-refractivity contribution in [2.24, 2.45) is 0 Å². The Morgan fingerprint density at radius 2 is 1.78 bits per heavy atom. The van der Waals surface area contributed by atoms with Gasteiger partial charge in [-0.15, -0.1) is 0 Å². The summed E-state index contributed by atoms with van der Waals surface area (Å²) in [5.41, 5.74) is 2.18. The molecule has 0 aliphatic carbocycles. The first-order chi connectivity index (χ1) is 11.3. The Balaban J connectivity index is 1.57. The lowest BCUT2D eigenvalue weighted by Gasteiger charge is -2.33. The van der Waals surface area contributed by atoms with Crippen molar-refractivity contribution in [1.29, 1.82) is 0 Å². The predicted octanol–water partition coefficient (Wildman–Crippen LogP) is 3.41. The van der Waals surface area contributed by atoms with Crippen molar-refractivity contribution in [2.75, 3.05) is 6.54 Å². The molecule has 1 aliphatic rings. The highest BCUT2D eigenvalue weighted by molar-refractivity contribution is 5.67. The lowest BCUT2D eigenvalue weighted by atomic mass is 9.92. The van der Waals surface area contributed by atoms with Gasteiger partial charge in [0.2, 0.25) is 0 Å². The summed E-state index contributed by atoms with van der Waals surface area (Å²) in [4.78, 5) is 12.1. The molecule has 0 radical (unpaired) electrons. The molecule has 120 valence electrons. The maximum atomic E-state index is 12.1. The van der Waals surface area contributed by atoms with Gasteiger partial charge in [0.15, 0.2) is 0 Å². The number of benzene rings is 2. The number of alkyl carbamates (subject to hydrolysis) is 1. The van der Waals surface area contributed by atoms with Crippen LogP contribution < -0.4 is 10.6 Å². The Bertz CT molecular complexity index is 616. The van der Waals surface area contributed by atoms with Crippen molar-refractivity contribution >= 4 is 6.09 Å². The Hall–Kier alpha value is -2.33. The third kappa shape index (κ3) is 4.33. The molecule has 1 fully saturated rings. The summed E-state index contributed by atoms with van der Waals surface area (Å²) in [6, 6.07) is 20.1. The zero-order chi connectivity index (χ0) is 15.9. The largest absolute Gasteiger partial charge is 0.445 e. The van der Waals surface area contributed by atoms with Gasteiger partial charge in [0, 0.05) is 0 Å². The van der Waals surface area contributed by atoms with Crippen molar-refractivity contribution in [3.8, 4) is 0 Å². The number of hydrogen-bond acceptors (Lipinski definition) is 3. The first-order valence-electron chi connectivity index (χ1n) is 8.08. The Morgan fingerprint density at radius 3 is 2.52 bits per heavy atom. The normalized spacial score (nSPS) is 20.7. The summed E-state index contributed by atoms with van der Waals surface area (Å²) in [6.07, 6.45) is 1.64. The molecule has 1 unspecified atom stereocenters. The maximum absolute atomic E-state index is 12.1. The summed E-state index contributed by atoms with van der Waals surface area (Å²) in [7, 11) is 0. The van der Waals surface area contributed by atoms with Crippen LogP contribution in [0.15, 0.2) is 60.7 Å². The maximum Gasteiger partial charge on any atom is 0.407 e. The van der Waals surface area contributed by atoms with E-state index < -0.39 is 0 Å². The Labute approximate surface area is 136 Å². The predicted molar refractivity (Wildman–Crippen MR) is 90.0 cm³/mol. The monoisotopic (exact) mass is 310 g/mol. The smallest absolute Gasteiger partial charge is 0.407 e. The second kappa shape index (κ2) is 7.79. The first kappa shape index (κ1) is 15.6. The molecule has 3 rings (SSSR count). The van der Waals surface area contributed by atoms with E-state index in [-0.39, 0.29) is 18.2 Å².